The minimum atomic E-state index is -0.174. The van der Waals surface area contributed by atoms with Gasteiger partial charge in [-0.3, -0.25) is 4.68 Å². The lowest BCUT2D eigenvalue weighted by atomic mass is 10.2. The van der Waals surface area contributed by atoms with Gasteiger partial charge in [-0.2, -0.15) is 5.10 Å². The molecule has 0 aromatic carbocycles. The maximum Gasteiger partial charge on any atom is 0.0762 e. The molecular formula is C13H23N3O. The molecule has 0 radical (unpaired) electrons. The molecule has 1 aromatic rings. The third-order valence-corrected chi connectivity index (χ3v) is 3.53. The predicted molar refractivity (Wildman–Crippen MR) is 67.7 cm³/mol. The average molecular weight is 237 g/mol. The quantitative estimate of drug-likeness (QED) is 0.759. The normalized spacial score (nSPS) is 19.2. The van der Waals surface area contributed by atoms with E-state index in [1.54, 1.807) is 0 Å². The van der Waals surface area contributed by atoms with Crippen LogP contribution in [-0.2, 0) is 6.54 Å². The van der Waals surface area contributed by atoms with E-state index in [2.05, 4.69) is 24.3 Å². The van der Waals surface area contributed by atoms with Crippen LogP contribution in [0, 0.1) is 5.92 Å². The first-order valence-corrected chi connectivity index (χ1v) is 6.63. The molecule has 0 bridgehead atoms. The zero-order chi connectivity index (χ0) is 12.3. The van der Waals surface area contributed by atoms with E-state index in [0.29, 0.717) is 18.5 Å². The van der Waals surface area contributed by atoms with E-state index in [9.17, 15) is 5.11 Å². The summed E-state index contributed by atoms with van der Waals surface area (Å²) in [6.45, 7) is 5.76. The second-order valence-corrected chi connectivity index (χ2v) is 5.08. The molecule has 1 aliphatic carbocycles. The SMILES string of the molecule is CCC(C)n1ccc(CNCC(O)C2CC2)n1. The Labute approximate surface area is 103 Å². The van der Waals surface area contributed by atoms with E-state index in [1.807, 2.05) is 16.9 Å². The van der Waals surface area contributed by atoms with Gasteiger partial charge in [0.2, 0.25) is 0 Å². The van der Waals surface area contributed by atoms with Crippen molar-refractivity contribution in [1.29, 1.82) is 0 Å². The van der Waals surface area contributed by atoms with Gasteiger partial charge in [-0.1, -0.05) is 6.92 Å². The highest BCUT2D eigenvalue weighted by atomic mass is 16.3. The number of rotatable bonds is 7. The van der Waals surface area contributed by atoms with Gasteiger partial charge in [0.05, 0.1) is 11.8 Å². The van der Waals surface area contributed by atoms with Gasteiger partial charge in [0, 0.05) is 25.3 Å². The number of nitrogens with one attached hydrogen (secondary N) is 1. The molecule has 96 valence electrons. The molecule has 0 amide bonds. The number of aliphatic hydroxyl groups excluding tert-OH is 1. The molecule has 1 fully saturated rings. The summed E-state index contributed by atoms with van der Waals surface area (Å²) < 4.78 is 2.01. The van der Waals surface area contributed by atoms with E-state index < -0.39 is 0 Å². The molecule has 4 nitrogen and oxygen atoms in total. The molecule has 0 spiro atoms. The first-order valence-electron chi connectivity index (χ1n) is 6.63. The smallest absolute Gasteiger partial charge is 0.0762 e. The van der Waals surface area contributed by atoms with Gasteiger partial charge in [0.15, 0.2) is 0 Å². The van der Waals surface area contributed by atoms with E-state index >= 15 is 0 Å². The monoisotopic (exact) mass is 237 g/mol. The number of hydrogen-bond donors (Lipinski definition) is 2. The highest BCUT2D eigenvalue weighted by molar-refractivity contribution is 4.99. The fraction of sp³-hybridized carbons (Fsp3) is 0.769. The minimum Gasteiger partial charge on any atom is -0.392 e. The van der Waals surface area contributed by atoms with Crippen LogP contribution in [0.15, 0.2) is 12.3 Å². The predicted octanol–water partition coefficient (Wildman–Crippen LogP) is 1.71. The van der Waals surface area contributed by atoms with Crippen LogP contribution >= 0.6 is 0 Å². The third-order valence-electron chi connectivity index (χ3n) is 3.53. The molecule has 0 aliphatic heterocycles. The van der Waals surface area contributed by atoms with E-state index in [1.165, 1.54) is 12.8 Å². The summed E-state index contributed by atoms with van der Waals surface area (Å²) in [5.41, 5.74) is 1.05. The summed E-state index contributed by atoms with van der Waals surface area (Å²) in [5, 5.41) is 17.5. The molecule has 0 saturated heterocycles. The van der Waals surface area contributed by atoms with Gasteiger partial charge in [0.1, 0.15) is 0 Å². The third kappa shape index (κ3) is 3.54. The van der Waals surface area contributed by atoms with Crippen LogP contribution in [0.4, 0.5) is 0 Å². The molecule has 17 heavy (non-hydrogen) atoms. The summed E-state index contributed by atoms with van der Waals surface area (Å²) in [6.07, 6.45) is 5.32. The van der Waals surface area contributed by atoms with Crippen LogP contribution < -0.4 is 5.32 Å². The van der Waals surface area contributed by atoms with Crippen molar-refractivity contribution in [2.75, 3.05) is 6.54 Å². The fourth-order valence-corrected chi connectivity index (χ4v) is 1.90. The zero-order valence-electron chi connectivity index (χ0n) is 10.8. The van der Waals surface area contributed by atoms with Crippen molar-refractivity contribution in [3.05, 3.63) is 18.0 Å². The van der Waals surface area contributed by atoms with Crippen molar-refractivity contribution in [2.24, 2.45) is 5.92 Å². The number of aromatic nitrogens is 2. The second-order valence-electron chi connectivity index (χ2n) is 5.08. The van der Waals surface area contributed by atoms with Crippen LogP contribution in [0.25, 0.3) is 0 Å². The summed E-state index contributed by atoms with van der Waals surface area (Å²) in [5.74, 6) is 0.542. The molecule has 2 atom stereocenters. The molecule has 1 aromatic heterocycles. The largest absolute Gasteiger partial charge is 0.392 e. The topological polar surface area (TPSA) is 50.1 Å². The van der Waals surface area contributed by atoms with Gasteiger partial charge in [0.25, 0.3) is 0 Å². The minimum absolute atomic E-state index is 0.174. The Morgan fingerprint density at radius 3 is 3.00 bits per heavy atom. The molecule has 4 heteroatoms. The molecule has 1 saturated carbocycles. The Hall–Kier alpha value is -0.870. The number of hydrogen-bond acceptors (Lipinski definition) is 3. The Kier molecular flexibility index (Phi) is 4.18. The Bertz CT molecular complexity index is 346. The Morgan fingerprint density at radius 2 is 2.35 bits per heavy atom. The summed E-state index contributed by atoms with van der Waals surface area (Å²) in [4.78, 5) is 0. The van der Waals surface area contributed by atoms with Crippen LogP contribution in [0.3, 0.4) is 0 Å². The fourth-order valence-electron chi connectivity index (χ4n) is 1.90. The van der Waals surface area contributed by atoms with Crippen molar-refractivity contribution in [1.82, 2.24) is 15.1 Å². The molecule has 2 unspecified atom stereocenters. The van der Waals surface area contributed by atoms with E-state index in [0.717, 1.165) is 18.7 Å². The van der Waals surface area contributed by atoms with Crippen LogP contribution in [0.1, 0.15) is 44.8 Å². The van der Waals surface area contributed by atoms with Crippen molar-refractivity contribution < 1.29 is 5.11 Å². The first-order chi connectivity index (χ1) is 8.20. The standard InChI is InChI=1S/C13H23N3O/c1-3-10(2)16-7-6-12(15-16)8-14-9-13(17)11-4-5-11/h6-7,10-11,13-14,17H,3-5,8-9H2,1-2H3. The maximum absolute atomic E-state index is 9.71. The van der Waals surface area contributed by atoms with Gasteiger partial charge in [-0.25, -0.2) is 0 Å². The number of nitrogens with zero attached hydrogens (tertiary/aromatic N) is 2. The van der Waals surface area contributed by atoms with Gasteiger partial charge >= 0.3 is 0 Å². The lowest BCUT2D eigenvalue weighted by molar-refractivity contribution is 0.148. The second kappa shape index (κ2) is 5.65. The lowest BCUT2D eigenvalue weighted by Crippen LogP contribution is -2.28. The molecular weight excluding hydrogens is 214 g/mol. The lowest BCUT2D eigenvalue weighted by Gasteiger charge is -2.10. The Morgan fingerprint density at radius 1 is 1.59 bits per heavy atom. The highest BCUT2D eigenvalue weighted by Gasteiger charge is 2.29. The Balaban J connectivity index is 1.72. The molecule has 2 rings (SSSR count). The molecule has 2 N–H and O–H groups in total. The van der Waals surface area contributed by atoms with Crippen molar-refractivity contribution in [3.8, 4) is 0 Å². The van der Waals surface area contributed by atoms with Crippen LogP contribution in [0.5, 0.6) is 0 Å². The van der Waals surface area contributed by atoms with E-state index in [4.69, 9.17) is 0 Å². The van der Waals surface area contributed by atoms with Gasteiger partial charge in [-0.05, 0) is 38.2 Å². The number of aliphatic hydroxyl groups is 1. The molecule has 1 heterocycles. The van der Waals surface area contributed by atoms with Crippen LogP contribution in [0.2, 0.25) is 0 Å². The van der Waals surface area contributed by atoms with Crippen molar-refractivity contribution in [2.45, 2.75) is 51.8 Å². The van der Waals surface area contributed by atoms with E-state index in [-0.39, 0.29) is 6.10 Å². The molecule has 1 aliphatic rings. The van der Waals surface area contributed by atoms with Gasteiger partial charge < -0.3 is 10.4 Å². The zero-order valence-corrected chi connectivity index (χ0v) is 10.8. The van der Waals surface area contributed by atoms with Crippen molar-refractivity contribution >= 4 is 0 Å². The first kappa shape index (κ1) is 12.6. The summed E-state index contributed by atoms with van der Waals surface area (Å²) >= 11 is 0. The maximum atomic E-state index is 9.71. The van der Waals surface area contributed by atoms with Gasteiger partial charge in [-0.15, -0.1) is 0 Å². The van der Waals surface area contributed by atoms with Crippen molar-refractivity contribution in [3.63, 3.8) is 0 Å². The summed E-state index contributed by atoms with van der Waals surface area (Å²) in [7, 11) is 0. The van der Waals surface area contributed by atoms with Crippen LogP contribution in [-0.4, -0.2) is 27.5 Å². The summed E-state index contributed by atoms with van der Waals surface area (Å²) in [6, 6.07) is 2.50. The highest BCUT2D eigenvalue weighted by Crippen LogP contribution is 2.32. The average Bonchev–Trinajstić information content (AvgIpc) is 3.08.